The number of rotatable bonds is 8. The van der Waals surface area contributed by atoms with Gasteiger partial charge in [-0.05, 0) is 31.7 Å². The van der Waals surface area contributed by atoms with Gasteiger partial charge in [-0.25, -0.2) is 9.67 Å². The normalized spacial score (nSPS) is 12.1. The highest BCUT2D eigenvalue weighted by molar-refractivity contribution is 5.62. The third-order valence-corrected chi connectivity index (χ3v) is 5.48. The van der Waals surface area contributed by atoms with Gasteiger partial charge in [0.25, 0.3) is 0 Å². The van der Waals surface area contributed by atoms with Crippen LogP contribution in [0, 0.1) is 11.3 Å². The molecule has 31 heavy (non-hydrogen) atoms. The van der Waals surface area contributed by atoms with E-state index in [-0.39, 0.29) is 6.04 Å². The van der Waals surface area contributed by atoms with Crippen LogP contribution in [-0.2, 0) is 13.1 Å². The van der Waals surface area contributed by atoms with E-state index in [1.54, 1.807) is 11.0 Å². The molecule has 0 unspecified atom stereocenters. The van der Waals surface area contributed by atoms with Crippen LogP contribution in [0.15, 0.2) is 73.4 Å². The second-order valence-electron chi connectivity index (χ2n) is 7.56. The van der Waals surface area contributed by atoms with Crippen molar-refractivity contribution in [1.29, 1.82) is 5.26 Å². The van der Waals surface area contributed by atoms with Crippen LogP contribution in [0.3, 0.4) is 0 Å². The molecule has 0 amide bonds. The van der Waals surface area contributed by atoms with Crippen molar-refractivity contribution in [2.75, 3.05) is 7.05 Å². The summed E-state index contributed by atoms with van der Waals surface area (Å²) in [5, 5.41) is 17.9. The van der Waals surface area contributed by atoms with Gasteiger partial charge in [-0.3, -0.25) is 9.58 Å². The lowest BCUT2D eigenvalue weighted by atomic mass is 10.0. The Labute approximate surface area is 182 Å². The summed E-state index contributed by atoms with van der Waals surface area (Å²) in [7, 11) is 2.12. The molecule has 0 N–H and O–H groups in total. The SMILES string of the molecule is C[C@@H](c1ccc(-n2cncn2)cc1)N(C)Cc1cn(CCC#N)nc1-c1ccccc1. The van der Waals surface area contributed by atoms with E-state index in [1.807, 2.05) is 22.9 Å². The van der Waals surface area contributed by atoms with Crippen LogP contribution in [0.2, 0.25) is 0 Å². The molecular weight excluding hydrogens is 386 g/mol. The zero-order valence-electron chi connectivity index (χ0n) is 17.8. The number of hydrogen-bond acceptors (Lipinski definition) is 5. The maximum Gasteiger partial charge on any atom is 0.138 e. The summed E-state index contributed by atoms with van der Waals surface area (Å²) >= 11 is 0. The Kier molecular flexibility index (Phi) is 6.20. The number of aryl methyl sites for hydroxylation is 1. The van der Waals surface area contributed by atoms with Gasteiger partial charge < -0.3 is 0 Å². The highest BCUT2D eigenvalue weighted by Crippen LogP contribution is 2.27. The monoisotopic (exact) mass is 411 g/mol. The summed E-state index contributed by atoms with van der Waals surface area (Å²) in [6.07, 6.45) is 5.74. The van der Waals surface area contributed by atoms with E-state index in [1.165, 1.54) is 11.9 Å². The number of aromatic nitrogens is 5. The molecule has 0 radical (unpaired) electrons. The lowest BCUT2D eigenvalue weighted by Crippen LogP contribution is -2.22. The number of benzene rings is 2. The van der Waals surface area contributed by atoms with Crippen LogP contribution in [0.25, 0.3) is 16.9 Å². The fourth-order valence-corrected chi connectivity index (χ4v) is 3.60. The van der Waals surface area contributed by atoms with Gasteiger partial charge in [0.15, 0.2) is 0 Å². The molecule has 0 spiro atoms. The molecule has 2 aromatic heterocycles. The summed E-state index contributed by atoms with van der Waals surface area (Å²) in [5.41, 5.74) is 5.43. The van der Waals surface area contributed by atoms with E-state index in [9.17, 15) is 0 Å². The van der Waals surface area contributed by atoms with Crippen LogP contribution in [0.4, 0.5) is 0 Å². The quantitative estimate of drug-likeness (QED) is 0.433. The Bertz CT molecular complexity index is 1140. The van der Waals surface area contributed by atoms with Gasteiger partial charge in [-0.1, -0.05) is 42.5 Å². The Morgan fingerprint density at radius 3 is 2.55 bits per heavy atom. The molecule has 0 aliphatic heterocycles. The predicted octanol–water partition coefficient (Wildman–Crippen LogP) is 4.24. The number of nitrogens with zero attached hydrogens (tertiary/aromatic N) is 7. The largest absolute Gasteiger partial charge is 0.295 e. The Morgan fingerprint density at radius 1 is 1.10 bits per heavy atom. The summed E-state index contributed by atoms with van der Waals surface area (Å²) in [4.78, 5) is 6.31. The van der Waals surface area contributed by atoms with Crippen molar-refractivity contribution in [3.8, 4) is 23.0 Å². The molecule has 2 heterocycles. The molecule has 0 saturated carbocycles. The van der Waals surface area contributed by atoms with E-state index in [0.29, 0.717) is 13.0 Å². The molecule has 1 atom stereocenters. The molecule has 0 aliphatic carbocycles. The second-order valence-corrected chi connectivity index (χ2v) is 7.56. The van der Waals surface area contributed by atoms with Gasteiger partial charge in [0.05, 0.1) is 30.4 Å². The first-order valence-corrected chi connectivity index (χ1v) is 10.3. The van der Waals surface area contributed by atoms with Crippen LogP contribution in [-0.4, -0.2) is 36.5 Å². The van der Waals surface area contributed by atoms with Crippen molar-refractivity contribution in [1.82, 2.24) is 29.4 Å². The van der Waals surface area contributed by atoms with Crippen molar-refractivity contribution in [3.05, 3.63) is 84.6 Å². The van der Waals surface area contributed by atoms with E-state index in [4.69, 9.17) is 10.4 Å². The van der Waals surface area contributed by atoms with Gasteiger partial charge in [0.2, 0.25) is 0 Å². The molecule has 156 valence electrons. The molecular formula is C24H25N7. The first kappa shape index (κ1) is 20.5. The first-order valence-electron chi connectivity index (χ1n) is 10.3. The lowest BCUT2D eigenvalue weighted by molar-refractivity contribution is 0.253. The van der Waals surface area contributed by atoms with Crippen molar-refractivity contribution in [2.24, 2.45) is 0 Å². The van der Waals surface area contributed by atoms with Gasteiger partial charge in [-0.2, -0.15) is 15.5 Å². The Morgan fingerprint density at radius 2 is 1.87 bits per heavy atom. The molecule has 0 fully saturated rings. The maximum atomic E-state index is 8.94. The second kappa shape index (κ2) is 9.37. The van der Waals surface area contributed by atoms with Crippen molar-refractivity contribution < 1.29 is 0 Å². The Balaban J connectivity index is 1.53. The van der Waals surface area contributed by atoms with E-state index >= 15 is 0 Å². The van der Waals surface area contributed by atoms with Crippen molar-refractivity contribution in [2.45, 2.75) is 32.5 Å². The average molecular weight is 412 g/mol. The van der Waals surface area contributed by atoms with Crippen LogP contribution < -0.4 is 0 Å². The molecule has 7 heteroatoms. The summed E-state index contributed by atoms with van der Waals surface area (Å²) in [5.74, 6) is 0. The number of nitriles is 1. The third kappa shape index (κ3) is 4.71. The van der Waals surface area contributed by atoms with Gasteiger partial charge in [0.1, 0.15) is 12.7 Å². The summed E-state index contributed by atoms with van der Waals surface area (Å²) < 4.78 is 3.63. The minimum atomic E-state index is 0.218. The Hall–Kier alpha value is -3.76. The van der Waals surface area contributed by atoms with Gasteiger partial charge >= 0.3 is 0 Å². The molecule has 7 nitrogen and oxygen atoms in total. The maximum absolute atomic E-state index is 8.94. The zero-order chi connectivity index (χ0) is 21.6. The lowest BCUT2D eigenvalue weighted by Gasteiger charge is -2.25. The van der Waals surface area contributed by atoms with E-state index in [2.05, 4.69) is 77.6 Å². The van der Waals surface area contributed by atoms with Gasteiger partial charge in [0, 0.05) is 29.9 Å². The highest BCUT2D eigenvalue weighted by Gasteiger charge is 2.17. The molecule has 4 aromatic rings. The van der Waals surface area contributed by atoms with E-state index < -0.39 is 0 Å². The molecule has 0 bridgehead atoms. The minimum Gasteiger partial charge on any atom is -0.295 e. The molecule has 4 rings (SSSR count). The number of hydrogen-bond donors (Lipinski definition) is 0. The first-order chi connectivity index (χ1) is 15.2. The molecule has 0 aliphatic rings. The van der Waals surface area contributed by atoms with Crippen LogP contribution in [0.5, 0.6) is 0 Å². The standard InChI is InChI=1S/C24H25N7/c1-19(20-9-11-23(12-10-20)31-18-26-17-27-31)29(2)15-22-16-30(14-6-13-25)28-24(22)21-7-4-3-5-8-21/h3-5,7-12,16-19H,6,14-15H2,1-2H3/t19-/m0/s1. The molecule has 2 aromatic carbocycles. The average Bonchev–Trinajstić information content (AvgIpc) is 3.48. The van der Waals surface area contributed by atoms with Crippen LogP contribution in [0.1, 0.15) is 30.5 Å². The van der Waals surface area contributed by atoms with Gasteiger partial charge in [-0.15, -0.1) is 0 Å². The highest BCUT2D eigenvalue weighted by atomic mass is 15.3. The topological polar surface area (TPSA) is 75.6 Å². The van der Waals surface area contributed by atoms with Crippen LogP contribution >= 0.6 is 0 Å². The summed E-state index contributed by atoms with van der Waals surface area (Å²) in [6.45, 7) is 3.55. The summed E-state index contributed by atoms with van der Waals surface area (Å²) in [6, 6.07) is 21.0. The zero-order valence-corrected chi connectivity index (χ0v) is 17.8. The van der Waals surface area contributed by atoms with E-state index in [0.717, 1.165) is 29.1 Å². The smallest absolute Gasteiger partial charge is 0.138 e. The third-order valence-electron chi connectivity index (χ3n) is 5.48. The predicted molar refractivity (Wildman–Crippen MR) is 119 cm³/mol. The fourth-order valence-electron chi connectivity index (χ4n) is 3.60. The fraction of sp³-hybridized carbons (Fsp3) is 0.250. The van der Waals surface area contributed by atoms with Crippen molar-refractivity contribution in [3.63, 3.8) is 0 Å². The minimum absolute atomic E-state index is 0.218. The molecule has 0 saturated heterocycles. The van der Waals surface area contributed by atoms with Crippen molar-refractivity contribution >= 4 is 0 Å².